The molecule has 1 saturated heterocycles. The molecule has 7 nitrogen and oxygen atoms in total. The number of piperazine rings is 1. The lowest BCUT2D eigenvalue weighted by Gasteiger charge is -2.35. The van der Waals surface area contributed by atoms with E-state index in [1.165, 1.54) is 0 Å². The molecule has 0 aromatic heterocycles. The minimum atomic E-state index is -0.462. The predicted octanol–water partition coefficient (Wildman–Crippen LogP) is 2.74. The quantitative estimate of drug-likeness (QED) is 0.658. The first kappa shape index (κ1) is 24.2. The van der Waals surface area contributed by atoms with Crippen LogP contribution >= 0.6 is 0 Å². The molecule has 1 atom stereocenters. The number of likely N-dealkylation sites (N-methyl/N-ethyl adjacent to an activating group) is 1. The molecule has 0 spiro atoms. The van der Waals surface area contributed by atoms with Crippen molar-refractivity contribution >= 4 is 12.0 Å². The third-order valence-corrected chi connectivity index (χ3v) is 5.28. The normalized spacial score (nSPS) is 16.4. The minimum absolute atomic E-state index is 0.0419. The van der Waals surface area contributed by atoms with Gasteiger partial charge in [0.25, 0.3) is 0 Å². The maximum Gasteiger partial charge on any atom is 0.410 e. The van der Waals surface area contributed by atoms with Crippen LogP contribution in [0.5, 0.6) is 0 Å². The third-order valence-electron chi connectivity index (χ3n) is 5.28. The standard InChI is InChI=1S/C23H38N4O3/c1-6-25(5)20(19-11-8-7-9-12-19)21(28)24-13-10-14-26-15-17-27(18-16-26)22(29)30-23(2,3)4/h7-9,11-12,20H,6,10,13-18H2,1-5H3,(H,24,28). The molecule has 1 unspecified atom stereocenters. The van der Waals surface area contributed by atoms with Gasteiger partial charge in [0.2, 0.25) is 5.91 Å². The van der Waals surface area contributed by atoms with Crippen molar-refractivity contribution in [2.75, 3.05) is 52.9 Å². The molecule has 0 aliphatic carbocycles. The van der Waals surface area contributed by atoms with E-state index in [0.717, 1.165) is 38.2 Å². The summed E-state index contributed by atoms with van der Waals surface area (Å²) in [4.78, 5) is 31.1. The van der Waals surface area contributed by atoms with E-state index in [1.54, 1.807) is 4.90 Å². The molecule has 0 saturated carbocycles. The molecular formula is C23H38N4O3. The molecule has 1 aliphatic rings. The number of ether oxygens (including phenoxy) is 1. The van der Waals surface area contributed by atoms with Crippen molar-refractivity contribution in [2.24, 2.45) is 0 Å². The van der Waals surface area contributed by atoms with Crippen molar-refractivity contribution in [3.05, 3.63) is 35.9 Å². The van der Waals surface area contributed by atoms with Gasteiger partial charge in [-0.05, 0) is 52.9 Å². The maximum atomic E-state index is 12.8. The fraction of sp³-hybridized carbons (Fsp3) is 0.652. The van der Waals surface area contributed by atoms with Crippen molar-refractivity contribution in [3.63, 3.8) is 0 Å². The summed E-state index contributed by atoms with van der Waals surface area (Å²) in [6, 6.07) is 9.63. The molecule has 30 heavy (non-hydrogen) atoms. The summed E-state index contributed by atoms with van der Waals surface area (Å²) in [7, 11) is 1.97. The van der Waals surface area contributed by atoms with E-state index in [9.17, 15) is 9.59 Å². The lowest BCUT2D eigenvalue weighted by atomic mass is 10.0. The van der Waals surface area contributed by atoms with E-state index in [0.29, 0.717) is 19.6 Å². The van der Waals surface area contributed by atoms with E-state index in [2.05, 4.69) is 22.0 Å². The molecule has 0 radical (unpaired) electrons. The Balaban J connectivity index is 1.72. The van der Waals surface area contributed by atoms with Crippen LogP contribution in [0.2, 0.25) is 0 Å². The zero-order valence-electron chi connectivity index (χ0n) is 19.2. The van der Waals surface area contributed by atoms with Gasteiger partial charge in [-0.2, -0.15) is 0 Å². The molecule has 1 fully saturated rings. The van der Waals surface area contributed by atoms with Crippen LogP contribution in [0, 0.1) is 0 Å². The van der Waals surface area contributed by atoms with Gasteiger partial charge >= 0.3 is 6.09 Å². The van der Waals surface area contributed by atoms with Crippen molar-refractivity contribution in [3.8, 4) is 0 Å². The molecule has 1 aliphatic heterocycles. The summed E-state index contributed by atoms with van der Waals surface area (Å²) in [5, 5.41) is 3.10. The first-order chi connectivity index (χ1) is 14.2. The number of carbonyl (C=O) groups is 2. The Bertz CT molecular complexity index is 667. The van der Waals surface area contributed by atoms with E-state index in [-0.39, 0.29) is 18.0 Å². The van der Waals surface area contributed by atoms with E-state index in [1.807, 2.05) is 58.2 Å². The number of benzene rings is 1. The molecule has 1 aromatic rings. The van der Waals surface area contributed by atoms with Gasteiger partial charge in [-0.25, -0.2) is 4.79 Å². The Morgan fingerprint density at radius 1 is 1.13 bits per heavy atom. The van der Waals surface area contributed by atoms with Crippen LogP contribution in [0.1, 0.15) is 45.7 Å². The molecule has 0 bridgehead atoms. The Kier molecular flexibility index (Phi) is 9.11. The zero-order valence-corrected chi connectivity index (χ0v) is 19.2. The zero-order chi connectivity index (χ0) is 22.1. The fourth-order valence-electron chi connectivity index (χ4n) is 3.52. The molecule has 7 heteroatoms. The van der Waals surface area contributed by atoms with Gasteiger partial charge in [-0.1, -0.05) is 37.3 Å². The lowest BCUT2D eigenvalue weighted by Crippen LogP contribution is -2.50. The van der Waals surface area contributed by atoms with Crippen molar-refractivity contribution in [1.82, 2.24) is 20.0 Å². The highest BCUT2D eigenvalue weighted by Gasteiger charge is 2.26. The van der Waals surface area contributed by atoms with Gasteiger partial charge < -0.3 is 15.0 Å². The van der Waals surface area contributed by atoms with Gasteiger partial charge in [0.1, 0.15) is 11.6 Å². The fourth-order valence-corrected chi connectivity index (χ4v) is 3.52. The van der Waals surface area contributed by atoms with Crippen LogP contribution in [-0.2, 0) is 9.53 Å². The van der Waals surface area contributed by atoms with Gasteiger partial charge in [0, 0.05) is 32.7 Å². The highest BCUT2D eigenvalue weighted by Crippen LogP contribution is 2.19. The maximum absolute atomic E-state index is 12.8. The first-order valence-electron chi connectivity index (χ1n) is 10.9. The molecule has 2 rings (SSSR count). The Morgan fingerprint density at radius 2 is 1.77 bits per heavy atom. The molecule has 2 amide bonds. The molecule has 1 aromatic carbocycles. The van der Waals surface area contributed by atoms with Gasteiger partial charge in [0.15, 0.2) is 0 Å². The van der Waals surface area contributed by atoms with E-state index in [4.69, 9.17) is 4.74 Å². The summed E-state index contributed by atoms with van der Waals surface area (Å²) >= 11 is 0. The second-order valence-electron chi connectivity index (χ2n) is 8.84. The second kappa shape index (κ2) is 11.3. The molecular weight excluding hydrogens is 380 g/mol. The average Bonchev–Trinajstić information content (AvgIpc) is 2.71. The molecule has 1 N–H and O–H groups in total. The average molecular weight is 419 g/mol. The number of amides is 2. The van der Waals surface area contributed by atoms with Crippen molar-refractivity contribution < 1.29 is 14.3 Å². The summed E-state index contributed by atoms with van der Waals surface area (Å²) in [6.45, 7) is 13.1. The van der Waals surface area contributed by atoms with E-state index >= 15 is 0 Å². The topological polar surface area (TPSA) is 65.1 Å². The number of nitrogens with one attached hydrogen (secondary N) is 1. The number of carbonyl (C=O) groups excluding carboxylic acids is 2. The number of rotatable bonds is 8. The van der Waals surface area contributed by atoms with Crippen LogP contribution in [0.15, 0.2) is 30.3 Å². The highest BCUT2D eigenvalue weighted by molar-refractivity contribution is 5.83. The van der Waals surface area contributed by atoms with Gasteiger partial charge in [-0.15, -0.1) is 0 Å². The third kappa shape index (κ3) is 7.61. The van der Waals surface area contributed by atoms with E-state index < -0.39 is 5.60 Å². The Hall–Kier alpha value is -2.12. The highest BCUT2D eigenvalue weighted by atomic mass is 16.6. The Labute approximate surface area is 181 Å². The summed E-state index contributed by atoms with van der Waals surface area (Å²) in [5.41, 5.74) is 0.549. The number of hydrogen-bond donors (Lipinski definition) is 1. The molecule has 1 heterocycles. The van der Waals surface area contributed by atoms with Gasteiger partial charge in [0.05, 0.1) is 0 Å². The lowest BCUT2D eigenvalue weighted by molar-refractivity contribution is -0.126. The van der Waals surface area contributed by atoms with Crippen molar-refractivity contribution in [1.29, 1.82) is 0 Å². The van der Waals surface area contributed by atoms with Crippen LogP contribution in [0.4, 0.5) is 4.79 Å². The summed E-state index contributed by atoms with van der Waals surface area (Å²) in [6.07, 6.45) is 0.650. The Morgan fingerprint density at radius 3 is 2.33 bits per heavy atom. The van der Waals surface area contributed by atoms with Crippen LogP contribution in [0.3, 0.4) is 0 Å². The summed E-state index contributed by atoms with van der Waals surface area (Å²) < 4.78 is 5.44. The van der Waals surface area contributed by atoms with Crippen LogP contribution in [0.25, 0.3) is 0 Å². The van der Waals surface area contributed by atoms with Gasteiger partial charge in [-0.3, -0.25) is 14.6 Å². The monoisotopic (exact) mass is 418 g/mol. The predicted molar refractivity (Wildman–Crippen MR) is 119 cm³/mol. The second-order valence-corrected chi connectivity index (χ2v) is 8.84. The summed E-state index contributed by atoms with van der Waals surface area (Å²) in [5.74, 6) is 0.0419. The first-order valence-corrected chi connectivity index (χ1v) is 10.9. The molecule has 168 valence electrons. The number of nitrogens with zero attached hydrogens (tertiary/aromatic N) is 3. The largest absolute Gasteiger partial charge is 0.444 e. The SMILES string of the molecule is CCN(C)C(C(=O)NCCCN1CCN(C(=O)OC(C)(C)C)CC1)c1ccccc1. The van der Waals surface area contributed by atoms with Crippen LogP contribution < -0.4 is 5.32 Å². The smallest absolute Gasteiger partial charge is 0.410 e. The van der Waals surface area contributed by atoms with Crippen LogP contribution in [-0.4, -0.2) is 85.2 Å². The minimum Gasteiger partial charge on any atom is -0.444 e. The van der Waals surface area contributed by atoms with Crippen molar-refractivity contribution in [2.45, 2.75) is 45.8 Å². The number of hydrogen-bond acceptors (Lipinski definition) is 5.